The van der Waals surface area contributed by atoms with E-state index in [1.165, 1.54) is 6.07 Å². The molecule has 0 fully saturated rings. The van der Waals surface area contributed by atoms with Crippen LogP contribution < -0.4 is 9.78 Å². The van der Waals surface area contributed by atoms with Crippen molar-refractivity contribution < 1.29 is 29.6 Å². The van der Waals surface area contributed by atoms with E-state index in [1.807, 2.05) is 30.3 Å². The van der Waals surface area contributed by atoms with Gasteiger partial charge in [0.25, 0.3) is 0 Å². The van der Waals surface area contributed by atoms with Gasteiger partial charge in [-0.3, -0.25) is 9.78 Å². The highest BCUT2D eigenvalue weighted by molar-refractivity contribution is 6.10. The van der Waals surface area contributed by atoms with Crippen LogP contribution >= 0.6 is 0 Å². The first-order chi connectivity index (χ1) is 13.6. The molecule has 4 aromatic rings. The van der Waals surface area contributed by atoms with Gasteiger partial charge in [0.05, 0.1) is 5.56 Å². The third-order valence-corrected chi connectivity index (χ3v) is 4.41. The summed E-state index contributed by atoms with van der Waals surface area (Å²) in [6.45, 7) is 0. The molecule has 0 aliphatic heterocycles. The molecular formula is C22H14O6. The molecule has 0 aromatic heterocycles. The Kier molecular flexibility index (Phi) is 4.29. The Morgan fingerprint density at radius 1 is 0.679 bits per heavy atom. The molecular weight excluding hydrogens is 360 g/mol. The predicted molar refractivity (Wildman–Crippen MR) is 103 cm³/mol. The Labute approximate surface area is 159 Å². The molecule has 138 valence electrons. The Balaban J connectivity index is 1.86. The molecule has 0 spiro atoms. The van der Waals surface area contributed by atoms with Crippen LogP contribution in [-0.4, -0.2) is 22.2 Å². The van der Waals surface area contributed by atoms with Crippen LogP contribution in [0.25, 0.3) is 21.5 Å². The molecule has 0 heterocycles. The molecule has 4 rings (SSSR count). The summed E-state index contributed by atoms with van der Waals surface area (Å²) in [7, 11) is 0. The van der Waals surface area contributed by atoms with E-state index in [0.717, 1.165) is 10.8 Å². The van der Waals surface area contributed by atoms with Crippen molar-refractivity contribution >= 4 is 33.5 Å². The quantitative estimate of drug-likeness (QED) is 0.386. The number of hydrogen-bond acceptors (Lipinski definition) is 4. The minimum absolute atomic E-state index is 0.157. The lowest BCUT2D eigenvalue weighted by Gasteiger charge is -2.14. The molecule has 0 saturated heterocycles. The van der Waals surface area contributed by atoms with Gasteiger partial charge in [-0.25, -0.2) is 9.59 Å². The van der Waals surface area contributed by atoms with Gasteiger partial charge in [-0.1, -0.05) is 60.7 Å². The van der Waals surface area contributed by atoms with Crippen molar-refractivity contribution in [1.82, 2.24) is 0 Å². The summed E-state index contributed by atoms with van der Waals surface area (Å²) in [5.41, 5.74) is -0.839. The lowest BCUT2D eigenvalue weighted by Crippen LogP contribution is -2.13. The fraction of sp³-hybridized carbons (Fsp3) is 0. The van der Waals surface area contributed by atoms with Crippen LogP contribution in [0.2, 0.25) is 0 Å². The topological polar surface area (TPSA) is 93.1 Å². The first kappa shape index (κ1) is 17.4. The van der Waals surface area contributed by atoms with Crippen LogP contribution in [0.1, 0.15) is 20.7 Å². The second-order valence-electron chi connectivity index (χ2n) is 6.10. The van der Waals surface area contributed by atoms with E-state index in [4.69, 9.17) is 9.78 Å². The fourth-order valence-corrected chi connectivity index (χ4v) is 3.14. The summed E-state index contributed by atoms with van der Waals surface area (Å²) in [6.07, 6.45) is 0. The van der Waals surface area contributed by atoms with Crippen molar-refractivity contribution in [3.8, 4) is 11.5 Å². The summed E-state index contributed by atoms with van der Waals surface area (Å²) in [5, 5.41) is 21.8. The average molecular weight is 374 g/mol. The Hall–Kier alpha value is -4.06. The zero-order valence-corrected chi connectivity index (χ0v) is 14.5. The van der Waals surface area contributed by atoms with Gasteiger partial charge in [0.2, 0.25) is 5.75 Å². The molecule has 4 aromatic carbocycles. The van der Waals surface area contributed by atoms with Crippen LogP contribution in [-0.2, 0) is 0 Å². The van der Waals surface area contributed by atoms with E-state index in [-0.39, 0.29) is 11.3 Å². The summed E-state index contributed by atoms with van der Waals surface area (Å²) >= 11 is 0. The number of aromatic carboxylic acids is 2. The molecule has 0 saturated carbocycles. The molecule has 28 heavy (non-hydrogen) atoms. The highest BCUT2D eigenvalue weighted by atomic mass is 17.2. The lowest BCUT2D eigenvalue weighted by molar-refractivity contribution is -0.0975. The highest BCUT2D eigenvalue weighted by Crippen LogP contribution is 2.34. The number of benzene rings is 4. The molecule has 2 N–H and O–H groups in total. The van der Waals surface area contributed by atoms with Gasteiger partial charge in [0.1, 0.15) is 5.56 Å². The zero-order valence-electron chi connectivity index (χ0n) is 14.5. The van der Waals surface area contributed by atoms with Crippen molar-refractivity contribution in [2.45, 2.75) is 0 Å². The smallest absolute Gasteiger partial charge is 0.340 e. The van der Waals surface area contributed by atoms with Crippen LogP contribution in [0.3, 0.4) is 0 Å². The van der Waals surface area contributed by atoms with Crippen LogP contribution in [0.15, 0.2) is 72.8 Å². The van der Waals surface area contributed by atoms with E-state index < -0.39 is 17.5 Å². The van der Waals surface area contributed by atoms with E-state index in [1.54, 1.807) is 36.4 Å². The van der Waals surface area contributed by atoms with Gasteiger partial charge in [-0.2, -0.15) is 0 Å². The molecule has 6 heteroatoms. The summed E-state index contributed by atoms with van der Waals surface area (Å²) in [5.74, 6) is -2.55. The highest BCUT2D eigenvalue weighted by Gasteiger charge is 2.25. The van der Waals surface area contributed by atoms with Gasteiger partial charge in [0.15, 0.2) is 5.75 Å². The van der Waals surface area contributed by atoms with Crippen molar-refractivity contribution in [1.29, 1.82) is 0 Å². The maximum atomic E-state index is 11.8. The Morgan fingerprint density at radius 3 is 2.04 bits per heavy atom. The van der Waals surface area contributed by atoms with E-state index in [0.29, 0.717) is 16.5 Å². The normalized spacial score (nSPS) is 10.7. The van der Waals surface area contributed by atoms with E-state index in [2.05, 4.69) is 0 Å². The molecule has 0 atom stereocenters. The minimum atomic E-state index is -1.42. The molecule has 0 bridgehead atoms. The summed E-state index contributed by atoms with van der Waals surface area (Å²) < 4.78 is 0. The van der Waals surface area contributed by atoms with Crippen molar-refractivity contribution in [3.63, 3.8) is 0 Å². The first-order valence-corrected chi connectivity index (χ1v) is 8.41. The van der Waals surface area contributed by atoms with Gasteiger partial charge in [-0.05, 0) is 22.9 Å². The van der Waals surface area contributed by atoms with Gasteiger partial charge < -0.3 is 10.2 Å². The number of carboxylic acids is 2. The number of rotatable bonds is 5. The predicted octanol–water partition coefficient (Wildman–Crippen LogP) is 4.76. The second-order valence-corrected chi connectivity index (χ2v) is 6.10. The van der Waals surface area contributed by atoms with Gasteiger partial charge >= 0.3 is 11.9 Å². The molecule has 0 radical (unpaired) electrons. The molecule has 0 aliphatic rings. The number of carboxylic acid groups (broad SMARTS) is 2. The number of carbonyl (C=O) groups is 2. The van der Waals surface area contributed by atoms with Crippen LogP contribution in [0, 0.1) is 0 Å². The third-order valence-electron chi connectivity index (χ3n) is 4.41. The Morgan fingerprint density at radius 2 is 1.32 bits per heavy atom. The van der Waals surface area contributed by atoms with Crippen molar-refractivity contribution in [2.75, 3.05) is 0 Å². The van der Waals surface area contributed by atoms with Gasteiger partial charge in [-0.15, -0.1) is 0 Å². The molecule has 0 amide bonds. The van der Waals surface area contributed by atoms with Crippen molar-refractivity contribution in [2.24, 2.45) is 0 Å². The lowest BCUT2D eigenvalue weighted by atomic mass is 9.99. The fourth-order valence-electron chi connectivity index (χ4n) is 3.14. The first-order valence-electron chi connectivity index (χ1n) is 8.41. The molecule has 6 nitrogen and oxygen atoms in total. The van der Waals surface area contributed by atoms with Crippen LogP contribution in [0.4, 0.5) is 0 Å². The van der Waals surface area contributed by atoms with E-state index in [9.17, 15) is 19.8 Å². The molecule has 0 aliphatic carbocycles. The Bertz CT molecular complexity index is 1220. The maximum Gasteiger partial charge on any atom is 0.340 e. The molecule has 0 unspecified atom stereocenters. The summed E-state index contributed by atoms with van der Waals surface area (Å²) in [4.78, 5) is 34.4. The monoisotopic (exact) mass is 374 g/mol. The van der Waals surface area contributed by atoms with Crippen LogP contribution in [0.5, 0.6) is 11.5 Å². The number of hydrogen-bond donors (Lipinski definition) is 2. The standard InChI is InChI=1S/C22H14O6/c23-21(24)17-12-14-7-2-4-10-16(14)20(19(17)22(25)26)28-27-18-11-5-8-13-6-1-3-9-15(13)18/h1-12H,(H,23,24)(H,25,26). The second kappa shape index (κ2) is 6.92. The largest absolute Gasteiger partial charge is 0.478 e. The zero-order chi connectivity index (χ0) is 19.7. The maximum absolute atomic E-state index is 11.8. The van der Waals surface area contributed by atoms with Gasteiger partial charge in [0, 0.05) is 10.8 Å². The van der Waals surface area contributed by atoms with E-state index >= 15 is 0 Å². The number of fused-ring (bicyclic) bond motifs is 2. The SMILES string of the molecule is O=C(O)c1cc2ccccc2c(OOc2cccc3ccccc23)c1C(=O)O. The van der Waals surface area contributed by atoms with Crippen molar-refractivity contribution in [3.05, 3.63) is 83.9 Å². The average Bonchev–Trinajstić information content (AvgIpc) is 2.71. The third kappa shape index (κ3) is 2.97. The summed E-state index contributed by atoms with van der Waals surface area (Å²) in [6, 6.07) is 20.9. The minimum Gasteiger partial charge on any atom is -0.478 e.